The van der Waals surface area contributed by atoms with Gasteiger partial charge in [-0.15, -0.1) is 5.11 Å². The monoisotopic (exact) mass is 481 g/mol. The minimum Gasteiger partial charge on any atom is -0.383 e. The molecule has 158 valence electrons. The van der Waals surface area contributed by atoms with E-state index >= 15 is 0 Å². The van der Waals surface area contributed by atoms with E-state index in [0.717, 1.165) is 30.8 Å². The Hall–Kier alpha value is -3.09. The first kappa shape index (κ1) is 21.2. The summed E-state index contributed by atoms with van der Waals surface area (Å²) in [6.45, 7) is 2.49. The van der Waals surface area contributed by atoms with Crippen LogP contribution in [0.5, 0.6) is 0 Å². The van der Waals surface area contributed by atoms with E-state index in [1.54, 1.807) is 7.11 Å². The first-order valence-electron chi connectivity index (χ1n) is 9.83. The molecule has 0 aromatic heterocycles. The second kappa shape index (κ2) is 8.57. The van der Waals surface area contributed by atoms with Crippen LogP contribution in [0, 0.1) is 11.3 Å². The van der Waals surface area contributed by atoms with Crippen molar-refractivity contribution in [2.45, 2.75) is 12.8 Å². The summed E-state index contributed by atoms with van der Waals surface area (Å²) in [5.74, 6) is -0.869. The molecule has 0 saturated carbocycles. The highest BCUT2D eigenvalue weighted by molar-refractivity contribution is 9.10. The molecule has 2 aromatic carbocycles. The summed E-state index contributed by atoms with van der Waals surface area (Å²) < 4.78 is 5.50. The van der Waals surface area contributed by atoms with Crippen LogP contribution in [0.1, 0.15) is 38.3 Å². The summed E-state index contributed by atoms with van der Waals surface area (Å²) in [6, 6.07) is 9.34. The Morgan fingerprint density at radius 3 is 2.77 bits per heavy atom. The van der Waals surface area contributed by atoms with E-state index in [2.05, 4.69) is 31.1 Å². The third kappa shape index (κ3) is 3.73. The second-order valence-electron chi connectivity index (χ2n) is 7.39. The van der Waals surface area contributed by atoms with Gasteiger partial charge in [0.25, 0.3) is 11.8 Å². The summed E-state index contributed by atoms with van der Waals surface area (Å²) in [4.78, 5) is 28.0. The number of benzene rings is 2. The van der Waals surface area contributed by atoms with Crippen molar-refractivity contribution in [3.63, 3.8) is 0 Å². The van der Waals surface area contributed by atoms with Gasteiger partial charge in [0.05, 0.1) is 33.5 Å². The van der Waals surface area contributed by atoms with Crippen LogP contribution >= 0.6 is 15.9 Å². The number of hydrogen-bond acceptors (Lipinski definition) is 7. The third-order valence-corrected chi connectivity index (χ3v) is 6.30. The van der Waals surface area contributed by atoms with Crippen LogP contribution in [-0.4, -0.2) is 50.6 Å². The van der Waals surface area contributed by atoms with Gasteiger partial charge in [-0.25, -0.2) is 0 Å². The topological polar surface area (TPSA) is 98.4 Å². The average Bonchev–Trinajstić information content (AvgIpc) is 3.00. The number of halogens is 1. The number of aryl methyl sites for hydroxylation is 1. The lowest BCUT2D eigenvalue weighted by Crippen LogP contribution is -2.32. The zero-order valence-electron chi connectivity index (χ0n) is 17.2. The zero-order chi connectivity index (χ0) is 22.1. The summed E-state index contributed by atoms with van der Waals surface area (Å²) in [7, 11) is 3.11. The molecule has 0 saturated heterocycles. The number of anilines is 1. The molecule has 0 unspecified atom stereocenters. The smallest absolute Gasteiger partial charge is 0.262 e. The van der Waals surface area contributed by atoms with Crippen LogP contribution in [0.2, 0.25) is 0 Å². The van der Waals surface area contributed by atoms with Gasteiger partial charge in [-0.2, -0.15) is 10.4 Å². The molecular weight excluding hydrogens is 462 g/mol. The second-order valence-corrected chi connectivity index (χ2v) is 8.18. The van der Waals surface area contributed by atoms with Crippen molar-refractivity contribution in [3.8, 4) is 6.07 Å². The predicted molar refractivity (Wildman–Crippen MR) is 118 cm³/mol. The molecule has 0 fully saturated rings. The molecule has 2 aliphatic heterocycles. The molecule has 0 spiro atoms. The van der Waals surface area contributed by atoms with Gasteiger partial charge in [-0.3, -0.25) is 14.5 Å². The number of ether oxygens (including phenoxy) is 1. The number of rotatable bonds is 5. The molecule has 0 bridgehead atoms. The molecule has 31 heavy (non-hydrogen) atoms. The highest BCUT2D eigenvalue weighted by Crippen LogP contribution is 2.40. The quantitative estimate of drug-likeness (QED) is 0.466. The number of carbonyl (C=O) groups excluding carboxylic acids is 2. The molecule has 0 atom stereocenters. The molecule has 2 heterocycles. The van der Waals surface area contributed by atoms with Crippen LogP contribution in [0.15, 0.2) is 39.0 Å². The Labute approximate surface area is 188 Å². The highest BCUT2D eigenvalue weighted by Gasteiger charge is 2.37. The zero-order valence-corrected chi connectivity index (χ0v) is 18.8. The summed E-state index contributed by atoms with van der Waals surface area (Å²) >= 11 is 3.36. The fraction of sp³-hybridized carbons (Fsp3) is 0.318. The van der Waals surface area contributed by atoms with E-state index < -0.39 is 11.8 Å². The molecule has 0 radical (unpaired) electrons. The van der Waals surface area contributed by atoms with Gasteiger partial charge in [-0.1, -0.05) is 0 Å². The maximum absolute atomic E-state index is 12.4. The highest BCUT2D eigenvalue weighted by atomic mass is 79.9. The first-order valence-corrected chi connectivity index (χ1v) is 10.6. The average molecular weight is 482 g/mol. The van der Waals surface area contributed by atoms with Crippen molar-refractivity contribution in [2.24, 2.45) is 10.2 Å². The largest absolute Gasteiger partial charge is 0.383 e. The van der Waals surface area contributed by atoms with Gasteiger partial charge in [0, 0.05) is 32.9 Å². The molecule has 8 nitrogen and oxygen atoms in total. The van der Waals surface area contributed by atoms with Crippen molar-refractivity contribution in [1.29, 1.82) is 5.26 Å². The van der Waals surface area contributed by atoms with E-state index in [4.69, 9.17) is 4.74 Å². The van der Waals surface area contributed by atoms with Gasteiger partial charge >= 0.3 is 0 Å². The fourth-order valence-corrected chi connectivity index (χ4v) is 4.58. The Morgan fingerprint density at radius 2 is 2.03 bits per heavy atom. The maximum atomic E-state index is 12.4. The van der Waals surface area contributed by atoms with Crippen molar-refractivity contribution in [1.82, 2.24) is 4.90 Å². The molecule has 2 amide bonds. The van der Waals surface area contributed by atoms with Crippen LogP contribution in [0.3, 0.4) is 0 Å². The number of imide groups is 1. The molecule has 0 aliphatic carbocycles. The molecule has 0 N–H and O–H groups in total. The summed E-state index contributed by atoms with van der Waals surface area (Å²) in [5, 5.41) is 18.1. The maximum Gasteiger partial charge on any atom is 0.262 e. The number of fused-ring (bicyclic) bond motifs is 2. The van der Waals surface area contributed by atoms with Crippen molar-refractivity contribution in [2.75, 3.05) is 38.8 Å². The van der Waals surface area contributed by atoms with E-state index in [1.807, 2.05) is 24.3 Å². The number of methoxy groups -OCH3 is 1. The minimum absolute atomic E-state index is 0.175. The van der Waals surface area contributed by atoms with Crippen LogP contribution in [0.25, 0.3) is 0 Å². The minimum atomic E-state index is -0.437. The number of nitrogens with zero attached hydrogens (tertiary/aromatic N) is 5. The third-order valence-electron chi connectivity index (χ3n) is 5.52. The summed E-state index contributed by atoms with van der Waals surface area (Å²) in [5.41, 5.74) is 3.83. The van der Waals surface area contributed by atoms with Crippen LogP contribution < -0.4 is 4.90 Å². The molecule has 9 heteroatoms. The molecule has 2 aliphatic rings. The molecular formula is C22H20BrN5O3. The van der Waals surface area contributed by atoms with Gasteiger partial charge in [-0.05, 0) is 58.6 Å². The lowest BCUT2D eigenvalue weighted by Gasteiger charge is -2.31. The normalized spacial score (nSPS) is 15.4. The number of amides is 2. The van der Waals surface area contributed by atoms with E-state index in [1.165, 1.54) is 24.4 Å². The Morgan fingerprint density at radius 1 is 1.23 bits per heavy atom. The van der Waals surface area contributed by atoms with Gasteiger partial charge in [0.15, 0.2) is 0 Å². The number of azo groups is 1. The van der Waals surface area contributed by atoms with E-state index in [9.17, 15) is 14.9 Å². The van der Waals surface area contributed by atoms with Crippen LogP contribution in [0.4, 0.5) is 17.1 Å². The van der Waals surface area contributed by atoms with Crippen LogP contribution in [-0.2, 0) is 11.2 Å². The Balaban J connectivity index is 1.68. The lowest BCUT2D eigenvalue weighted by atomic mass is 10.0. The molecule has 2 aromatic rings. The summed E-state index contributed by atoms with van der Waals surface area (Å²) in [6.07, 6.45) is 2.01. The van der Waals surface area contributed by atoms with Crippen molar-refractivity contribution >= 4 is 44.8 Å². The number of hydrogen-bond donors (Lipinski definition) is 0. The predicted octanol–water partition coefficient (Wildman–Crippen LogP) is 4.36. The Bertz CT molecular complexity index is 1150. The lowest BCUT2D eigenvalue weighted by molar-refractivity contribution is 0.0693. The van der Waals surface area contributed by atoms with Gasteiger partial charge < -0.3 is 9.64 Å². The molecule has 4 rings (SSSR count). The number of carbonyl (C=O) groups is 2. The fourth-order valence-electron chi connectivity index (χ4n) is 3.91. The standard InChI is InChI=1S/C22H20BrN5O3/c1-27-21(29)16-11-14(12-24)20(19(23)18(16)22(27)30)26-25-15-5-6-17-13(10-15)4-3-7-28(17)8-9-31-2/h5-6,10-11H,3-4,7-9H2,1-2H3/b26-25+. The number of nitriles is 1. The Kier molecular flexibility index (Phi) is 5.85. The SMILES string of the molecule is COCCN1CCCc2cc(/N=N/c3c(C#N)cc4c(c3Br)C(=O)N(C)C4=O)ccc21. The van der Waals surface area contributed by atoms with Crippen molar-refractivity contribution in [3.05, 3.63) is 51.0 Å². The van der Waals surface area contributed by atoms with E-state index in [-0.39, 0.29) is 22.4 Å². The van der Waals surface area contributed by atoms with Gasteiger partial charge in [0.1, 0.15) is 11.8 Å². The van der Waals surface area contributed by atoms with Crippen molar-refractivity contribution < 1.29 is 14.3 Å². The van der Waals surface area contributed by atoms with Gasteiger partial charge in [0.2, 0.25) is 0 Å². The van der Waals surface area contributed by atoms with E-state index in [0.29, 0.717) is 16.8 Å². The first-order chi connectivity index (χ1) is 15.0.